The summed E-state index contributed by atoms with van der Waals surface area (Å²) < 4.78 is 5.32. The van der Waals surface area contributed by atoms with E-state index >= 15 is 0 Å². The summed E-state index contributed by atoms with van der Waals surface area (Å²) in [5.74, 6) is 1.24. The van der Waals surface area contributed by atoms with Crippen LogP contribution in [0.5, 0.6) is 5.75 Å². The van der Waals surface area contributed by atoms with Crippen molar-refractivity contribution in [3.05, 3.63) is 71.0 Å². The van der Waals surface area contributed by atoms with Crippen molar-refractivity contribution in [2.24, 2.45) is 0 Å². The van der Waals surface area contributed by atoms with Gasteiger partial charge in [-0.25, -0.2) is 0 Å². The van der Waals surface area contributed by atoms with E-state index in [4.69, 9.17) is 4.74 Å². The summed E-state index contributed by atoms with van der Waals surface area (Å²) in [4.78, 5) is 0. The first-order valence-electron chi connectivity index (χ1n) is 5.95. The number of fused-ring (bicyclic) bond motifs is 1. The lowest BCUT2D eigenvalue weighted by Crippen LogP contribution is -1.97. The third-order valence-corrected chi connectivity index (χ3v) is 3.30. The number of methoxy groups -OCH3 is 1. The molecule has 2 nitrogen and oxygen atoms in total. The minimum atomic E-state index is 0.301. The topological polar surface area (TPSA) is 29.5 Å². The minimum absolute atomic E-state index is 0.301. The zero-order valence-corrected chi connectivity index (χ0v) is 10.2. The molecule has 1 N–H and O–H groups in total. The number of ether oxygens (including phenoxy) is 1. The molecule has 2 aliphatic rings. The Morgan fingerprint density at radius 3 is 2.61 bits per heavy atom. The maximum atomic E-state index is 9.30. The van der Waals surface area contributed by atoms with Crippen LogP contribution in [0.1, 0.15) is 12.0 Å². The average Bonchev–Trinajstić information content (AvgIpc) is 2.81. The molecule has 0 fully saturated rings. The molecule has 3 rings (SSSR count). The van der Waals surface area contributed by atoms with Crippen LogP contribution in [0.25, 0.3) is 5.57 Å². The fraction of sp³-hybridized carbons (Fsp3) is 0.125. The van der Waals surface area contributed by atoms with E-state index in [0.29, 0.717) is 5.75 Å². The molecule has 0 spiro atoms. The highest BCUT2D eigenvalue weighted by Crippen LogP contribution is 2.36. The number of rotatable bonds is 2. The summed E-state index contributed by atoms with van der Waals surface area (Å²) >= 11 is 0. The van der Waals surface area contributed by atoms with E-state index in [1.54, 1.807) is 19.2 Å². The predicted molar refractivity (Wildman–Crippen MR) is 72.0 cm³/mol. The van der Waals surface area contributed by atoms with E-state index in [0.717, 1.165) is 17.7 Å². The van der Waals surface area contributed by atoms with Gasteiger partial charge < -0.3 is 9.84 Å². The number of hydrogen-bond donors (Lipinski definition) is 1. The van der Waals surface area contributed by atoms with Crippen LogP contribution in [0.3, 0.4) is 0 Å². The van der Waals surface area contributed by atoms with Gasteiger partial charge in [0.15, 0.2) is 0 Å². The Balaban J connectivity index is 1.90. The van der Waals surface area contributed by atoms with Crippen molar-refractivity contribution in [1.82, 2.24) is 0 Å². The van der Waals surface area contributed by atoms with Gasteiger partial charge >= 0.3 is 0 Å². The van der Waals surface area contributed by atoms with Crippen LogP contribution in [0.4, 0.5) is 0 Å². The van der Waals surface area contributed by atoms with E-state index in [-0.39, 0.29) is 0 Å². The summed E-state index contributed by atoms with van der Waals surface area (Å²) in [7, 11) is 1.70. The number of aromatic hydroxyl groups is 1. The van der Waals surface area contributed by atoms with Crippen LogP contribution in [-0.4, -0.2) is 12.2 Å². The lowest BCUT2D eigenvalue weighted by Gasteiger charge is -2.15. The third-order valence-electron chi connectivity index (χ3n) is 3.30. The van der Waals surface area contributed by atoms with E-state index < -0.39 is 0 Å². The van der Waals surface area contributed by atoms with Gasteiger partial charge in [-0.3, -0.25) is 0 Å². The molecule has 0 saturated carbocycles. The molecule has 0 saturated heterocycles. The first kappa shape index (κ1) is 10.9. The van der Waals surface area contributed by atoms with Gasteiger partial charge in [0.25, 0.3) is 0 Å². The smallest absolute Gasteiger partial charge is 0.126 e. The quantitative estimate of drug-likeness (QED) is 0.853. The molecule has 0 bridgehead atoms. The van der Waals surface area contributed by atoms with E-state index in [1.807, 2.05) is 18.2 Å². The molecule has 18 heavy (non-hydrogen) atoms. The van der Waals surface area contributed by atoms with Crippen molar-refractivity contribution in [1.29, 1.82) is 0 Å². The molecule has 0 aromatic heterocycles. The summed E-state index contributed by atoms with van der Waals surface area (Å²) in [6.07, 6.45) is 9.33. The summed E-state index contributed by atoms with van der Waals surface area (Å²) in [5, 5.41) is 9.30. The molecule has 1 aromatic carbocycles. The first-order chi connectivity index (χ1) is 8.78. The molecule has 0 heterocycles. The standard InChI is InChI=1S/C16H14O2/c1-18-16-9-5-13-10-12(4-8-15(13)16)11-2-6-14(17)7-3-11/h2-3,5-10,17H,4H2,1H3. The minimum Gasteiger partial charge on any atom is -0.508 e. The lowest BCUT2D eigenvalue weighted by atomic mass is 9.92. The molecule has 0 amide bonds. The Kier molecular flexibility index (Phi) is 2.56. The van der Waals surface area contributed by atoms with Gasteiger partial charge in [0.2, 0.25) is 0 Å². The van der Waals surface area contributed by atoms with E-state index in [9.17, 15) is 5.11 Å². The first-order valence-corrected chi connectivity index (χ1v) is 5.95. The molecule has 0 atom stereocenters. The Labute approximate surface area is 106 Å². The van der Waals surface area contributed by atoms with Gasteiger partial charge in [0, 0.05) is 5.57 Å². The number of phenols is 1. The van der Waals surface area contributed by atoms with Gasteiger partial charge in [-0.05, 0) is 41.3 Å². The van der Waals surface area contributed by atoms with Crippen LogP contribution in [0.15, 0.2) is 65.5 Å². The number of allylic oxidation sites excluding steroid dienone is 6. The fourth-order valence-corrected chi connectivity index (χ4v) is 2.34. The molecular formula is C16H14O2. The van der Waals surface area contributed by atoms with Crippen molar-refractivity contribution in [2.75, 3.05) is 7.11 Å². The monoisotopic (exact) mass is 238 g/mol. The Morgan fingerprint density at radius 2 is 1.89 bits per heavy atom. The Hall–Kier alpha value is -2.22. The normalized spacial score (nSPS) is 17.4. The molecule has 1 aromatic rings. The van der Waals surface area contributed by atoms with Gasteiger partial charge in [-0.2, -0.15) is 0 Å². The Bertz CT molecular complexity index is 598. The van der Waals surface area contributed by atoms with Crippen molar-refractivity contribution in [3.63, 3.8) is 0 Å². The van der Waals surface area contributed by atoms with Crippen LogP contribution in [0.2, 0.25) is 0 Å². The van der Waals surface area contributed by atoms with Crippen LogP contribution in [0, 0.1) is 0 Å². The highest BCUT2D eigenvalue weighted by Gasteiger charge is 2.19. The predicted octanol–water partition coefficient (Wildman–Crippen LogP) is 3.58. The number of hydrogen-bond acceptors (Lipinski definition) is 2. The van der Waals surface area contributed by atoms with Gasteiger partial charge in [-0.1, -0.05) is 30.4 Å². The maximum Gasteiger partial charge on any atom is 0.126 e. The molecule has 0 unspecified atom stereocenters. The second kappa shape index (κ2) is 4.22. The molecule has 0 radical (unpaired) electrons. The highest BCUT2D eigenvalue weighted by molar-refractivity contribution is 5.76. The van der Waals surface area contributed by atoms with Crippen LogP contribution in [-0.2, 0) is 4.74 Å². The second-order valence-corrected chi connectivity index (χ2v) is 4.40. The number of benzene rings is 1. The van der Waals surface area contributed by atoms with E-state index in [1.165, 1.54) is 16.7 Å². The highest BCUT2D eigenvalue weighted by atomic mass is 16.5. The van der Waals surface area contributed by atoms with E-state index in [2.05, 4.69) is 18.2 Å². The molecule has 0 aliphatic heterocycles. The number of phenolic OH excluding ortho intramolecular Hbond substituents is 1. The molecule has 2 heteroatoms. The summed E-state index contributed by atoms with van der Waals surface area (Å²) in [6, 6.07) is 7.33. The van der Waals surface area contributed by atoms with Crippen molar-refractivity contribution >= 4 is 5.57 Å². The second-order valence-electron chi connectivity index (χ2n) is 4.40. The zero-order valence-electron chi connectivity index (χ0n) is 10.2. The maximum absolute atomic E-state index is 9.30. The largest absolute Gasteiger partial charge is 0.508 e. The fourth-order valence-electron chi connectivity index (χ4n) is 2.34. The lowest BCUT2D eigenvalue weighted by molar-refractivity contribution is 0.303. The average molecular weight is 238 g/mol. The molecule has 2 aliphatic carbocycles. The van der Waals surface area contributed by atoms with Crippen molar-refractivity contribution in [3.8, 4) is 5.75 Å². The van der Waals surface area contributed by atoms with Crippen molar-refractivity contribution in [2.45, 2.75) is 6.42 Å². The van der Waals surface area contributed by atoms with Gasteiger partial charge in [-0.15, -0.1) is 0 Å². The summed E-state index contributed by atoms with van der Waals surface area (Å²) in [5.41, 5.74) is 4.78. The third kappa shape index (κ3) is 1.76. The van der Waals surface area contributed by atoms with Gasteiger partial charge in [0.1, 0.15) is 11.5 Å². The van der Waals surface area contributed by atoms with Crippen LogP contribution < -0.4 is 0 Å². The van der Waals surface area contributed by atoms with Crippen molar-refractivity contribution < 1.29 is 9.84 Å². The Morgan fingerprint density at radius 1 is 1.11 bits per heavy atom. The van der Waals surface area contributed by atoms with Crippen LogP contribution >= 0.6 is 0 Å². The van der Waals surface area contributed by atoms with Gasteiger partial charge in [0.05, 0.1) is 7.11 Å². The zero-order chi connectivity index (χ0) is 12.5. The molecule has 90 valence electrons. The SMILES string of the molecule is COC1=CC=C2C=C(c3ccc(O)cc3)CC=C21. The summed E-state index contributed by atoms with van der Waals surface area (Å²) in [6.45, 7) is 0. The molecular weight excluding hydrogens is 224 g/mol.